The van der Waals surface area contributed by atoms with Crippen molar-refractivity contribution in [2.75, 3.05) is 5.75 Å². The summed E-state index contributed by atoms with van der Waals surface area (Å²) in [6, 6.07) is 0. The van der Waals surface area contributed by atoms with Crippen LogP contribution in [0.15, 0.2) is 18.7 Å². The molecule has 1 heterocycles. The van der Waals surface area contributed by atoms with Gasteiger partial charge in [0.1, 0.15) is 12.4 Å². The van der Waals surface area contributed by atoms with Crippen LogP contribution in [-0.4, -0.2) is 18.0 Å². The van der Waals surface area contributed by atoms with Crippen molar-refractivity contribution in [1.29, 1.82) is 0 Å². The number of imidazole rings is 1. The first kappa shape index (κ1) is 12.3. The lowest BCUT2D eigenvalue weighted by atomic mass is 10.3. The van der Waals surface area contributed by atoms with Gasteiger partial charge in [-0.05, 0) is 0 Å². The van der Waals surface area contributed by atoms with Gasteiger partial charge in [-0.25, -0.2) is 4.57 Å². The van der Waals surface area contributed by atoms with Gasteiger partial charge in [0.2, 0.25) is 6.33 Å². The predicted molar refractivity (Wildman–Crippen MR) is 45.0 cm³/mol. The number of rotatable bonds is 2. The summed E-state index contributed by atoms with van der Waals surface area (Å²) < 4.78 is 41.0. The van der Waals surface area contributed by atoms with Crippen LogP contribution in [-0.2, 0) is 6.54 Å². The molecule has 0 saturated carbocycles. The largest absolute Gasteiger partial charge is 0.673 e. The first-order chi connectivity index (χ1) is 5.93. The molecule has 1 rings (SSSR count). The van der Waals surface area contributed by atoms with Gasteiger partial charge in [-0.15, -0.1) is 0 Å². The molecule has 0 radical (unpaired) electrons. The molecular weight excluding hydrogens is 207 g/mol. The highest BCUT2D eigenvalue weighted by molar-refractivity contribution is 7.80. The van der Waals surface area contributed by atoms with Gasteiger partial charge in [-0.1, -0.05) is 0 Å². The summed E-state index contributed by atoms with van der Waals surface area (Å²) in [6.07, 6.45) is 5.79. The Labute approximate surface area is 78.5 Å². The molecule has 0 bridgehead atoms. The fourth-order valence-corrected chi connectivity index (χ4v) is 0.806. The summed E-state index contributed by atoms with van der Waals surface area (Å²) in [7, 11) is -6.00. The predicted octanol–water partition coefficient (Wildman–Crippen LogP) is 1.53. The van der Waals surface area contributed by atoms with E-state index < -0.39 is 7.25 Å². The maximum atomic E-state index is 9.75. The minimum atomic E-state index is -6.00. The van der Waals surface area contributed by atoms with Crippen molar-refractivity contribution in [3.8, 4) is 0 Å². The average Bonchev–Trinajstić information content (AvgIpc) is 2.36. The van der Waals surface area contributed by atoms with Crippen LogP contribution >= 0.6 is 12.6 Å². The number of nitrogens with one attached hydrogen (secondary N) is 1. The third-order valence-corrected chi connectivity index (χ3v) is 1.16. The third kappa shape index (κ3) is 11.3. The zero-order valence-electron chi connectivity index (χ0n) is 6.63. The van der Waals surface area contributed by atoms with Crippen LogP contribution in [0.5, 0.6) is 0 Å². The van der Waals surface area contributed by atoms with Gasteiger partial charge in [0.15, 0.2) is 0 Å². The second-order valence-corrected chi connectivity index (χ2v) is 2.52. The number of aromatic nitrogens is 2. The lowest BCUT2D eigenvalue weighted by Crippen LogP contribution is -2.31. The van der Waals surface area contributed by atoms with Crippen molar-refractivity contribution < 1.29 is 21.8 Å². The Balaban J connectivity index is 0.000000252. The quantitative estimate of drug-likeness (QED) is 0.323. The molecule has 0 spiro atoms. The molecule has 0 amide bonds. The SMILES string of the molecule is F[B-](F)(F)F.SCC[n+]1cc[nH]c1. The lowest BCUT2D eigenvalue weighted by molar-refractivity contribution is -0.691. The van der Waals surface area contributed by atoms with Crippen LogP contribution in [0.3, 0.4) is 0 Å². The molecule has 76 valence electrons. The van der Waals surface area contributed by atoms with Crippen molar-refractivity contribution in [3.63, 3.8) is 0 Å². The van der Waals surface area contributed by atoms with E-state index in [2.05, 4.69) is 17.6 Å². The molecule has 1 aromatic rings. The van der Waals surface area contributed by atoms with E-state index in [1.165, 1.54) is 0 Å². The van der Waals surface area contributed by atoms with E-state index in [4.69, 9.17) is 0 Å². The molecule has 0 atom stereocenters. The standard InChI is InChI=1S/C5H8N2S.BF4/c8-4-3-7-2-1-6-5-7;2-1(3,4)5/h1-2,5,8H,3-4H2;/q;-1/p+1. The smallest absolute Gasteiger partial charge is 0.418 e. The van der Waals surface area contributed by atoms with Crippen molar-refractivity contribution in [1.82, 2.24) is 4.98 Å². The number of aromatic amines is 1. The highest BCUT2D eigenvalue weighted by atomic mass is 32.1. The van der Waals surface area contributed by atoms with E-state index in [0.29, 0.717) is 0 Å². The zero-order chi connectivity index (χ0) is 10.3. The Kier molecular flexibility index (Phi) is 5.60. The van der Waals surface area contributed by atoms with E-state index in [-0.39, 0.29) is 0 Å². The van der Waals surface area contributed by atoms with Crippen molar-refractivity contribution in [3.05, 3.63) is 18.7 Å². The van der Waals surface area contributed by atoms with E-state index in [1.807, 2.05) is 23.3 Å². The van der Waals surface area contributed by atoms with Crippen molar-refractivity contribution >= 4 is 19.9 Å². The van der Waals surface area contributed by atoms with E-state index in [9.17, 15) is 17.3 Å². The maximum Gasteiger partial charge on any atom is 0.673 e. The van der Waals surface area contributed by atoms with Crippen LogP contribution in [0.25, 0.3) is 0 Å². The minimum Gasteiger partial charge on any atom is -0.418 e. The number of thiol groups is 1. The first-order valence-electron chi connectivity index (χ1n) is 3.43. The molecule has 0 saturated heterocycles. The molecule has 0 aromatic carbocycles. The number of halogens is 4. The maximum absolute atomic E-state index is 9.75. The summed E-state index contributed by atoms with van der Waals surface area (Å²) in [4.78, 5) is 2.94. The Morgan fingerprint density at radius 2 is 1.85 bits per heavy atom. The first-order valence-corrected chi connectivity index (χ1v) is 4.06. The Morgan fingerprint density at radius 1 is 1.31 bits per heavy atom. The van der Waals surface area contributed by atoms with E-state index in [1.54, 1.807) is 0 Å². The summed E-state index contributed by atoms with van der Waals surface area (Å²) in [5.41, 5.74) is 0. The molecule has 1 aromatic heterocycles. The van der Waals surface area contributed by atoms with Gasteiger partial charge < -0.3 is 17.3 Å². The van der Waals surface area contributed by atoms with Crippen LogP contribution < -0.4 is 4.57 Å². The Morgan fingerprint density at radius 3 is 2.15 bits per heavy atom. The van der Waals surface area contributed by atoms with Crippen LogP contribution in [0.4, 0.5) is 17.3 Å². The molecule has 2 nitrogen and oxygen atoms in total. The van der Waals surface area contributed by atoms with Crippen molar-refractivity contribution in [2.24, 2.45) is 0 Å². The number of hydrogen-bond donors (Lipinski definition) is 2. The molecule has 8 heteroatoms. The number of H-pyrrole nitrogens is 1. The second kappa shape index (κ2) is 5.90. The lowest BCUT2D eigenvalue weighted by Gasteiger charge is -1.94. The number of hydrogen-bond acceptors (Lipinski definition) is 1. The monoisotopic (exact) mass is 216 g/mol. The third-order valence-electron chi connectivity index (χ3n) is 0.961. The van der Waals surface area contributed by atoms with Gasteiger partial charge in [0.25, 0.3) is 0 Å². The van der Waals surface area contributed by atoms with Gasteiger partial charge >= 0.3 is 7.25 Å². The van der Waals surface area contributed by atoms with Gasteiger partial charge in [0, 0.05) is 5.75 Å². The number of aryl methyl sites for hydroxylation is 1. The second-order valence-electron chi connectivity index (χ2n) is 2.07. The van der Waals surface area contributed by atoms with Gasteiger partial charge in [-0.2, -0.15) is 12.6 Å². The summed E-state index contributed by atoms with van der Waals surface area (Å²) in [5.74, 6) is 0.891. The number of nitrogens with zero attached hydrogens (tertiary/aromatic N) is 1. The highest BCUT2D eigenvalue weighted by Crippen LogP contribution is 2.06. The molecule has 0 aliphatic rings. The zero-order valence-corrected chi connectivity index (χ0v) is 7.52. The van der Waals surface area contributed by atoms with Crippen LogP contribution in [0.2, 0.25) is 0 Å². The summed E-state index contributed by atoms with van der Waals surface area (Å²) in [6.45, 7) is 0.979. The normalized spacial score (nSPS) is 10.5. The fraction of sp³-hybridized carbons (Fsp3) is 0.400. The minimum absolute atomic E-state index is 0.891. The fourth-order valence-electron chi connectivity index (χ4n) is 0.575. The van der Waals surface area contributed by atoms with Gasteiger partial charge in [0.05, 0.1) is 6.54 Å². The van der Waals surface area contributed by atoms with Gasteiger partial charge in [-0.3, -0.25) is 4.98 Å². The van der Waals surface area contributed by atoms with Crippen LogP contribution in [0, 0.1) is 0 Å². The molecular formula is C5H9BF4N2S. The highest BCUT2D eigenvalue weighted by Gasteiger charge is 2.20. The summed E-state index contributed by atoms with van der Waals surface area (Å²) in [5, 5.41) is 0. The molecule has 13 heavy (non-hydrogen) atoms. The molecule has 0 aliphatic carbocycles. The Hall–Kier alpha value is -0.655. The average molecular weight is 216 g/mol. The van der Waals surface area contributed by atoms with Crippen molar-refractivity contribution in [2.45, 2.75) is 6.54 Å². The molecule has 1 N–H and O–H groups in total. The van der Waals surface area contributed by atoms with Crippen LogP contribution in [0.1, 0.15) is 0 Å². The van der Waals surface area contributed by atoms with E-state index in [0.717, 1.165) is 12.3 Å². The van der Waals surface area contributed by atoms with E-state index >= 15 is 0 Å². The topological polar surface area (TPSA) is 19.7 Å². The molecule has 0 unspecified atom stereocenters. The molecule has 0 aliphatic heterocycles. The Bertz CT molecular complexity index is 207. The summed E-state index contributed by atoms with van der Waals surface area (Å²) >= 11 is 4.07. The molecule has 0 fully saturated rings.